The first-order valence-electron chi connectivity index (χ1n) is 6.84. The Bertz CT molecular complexity index is 611. The fraction of sp³-hybridized carbons (Fsp3) is 0.312. The van der Waals surface area contributed by atoms with Crippen LogP contribution in [-0.2, 0) is 6.54 Å². The molecule has 1 aliphatic carbocycles. The lowest BCUT2D eigenvalue weighted by molar-refractivity contribution is 0.456. The van der Waals surface area contributed by atoms with Gasteiger partial charge in [0.1, 0.15) is 17.3 Å². The molecule has 0 amide bonds. The van der Waals surface area contributed by atoms with Crippen molar-refractivity contribution in [2.45, 2.75) is 32.4 Å². The van der Waals surface area contributed by atoms with Gasteiger partial charge >= 0.3 is 0 Å². The summed E-state index contributed by atoms with van der Waals surface area (Å²) < 4.78 is 19.8. The summed E-state index contributed by atoms with van der Waals surface area (Å²) in [4.78, 5) is 4.18. The van der Waals surface area contributed by atoms with Gasteiger partial charge in [-0.3, -0.25) is 4.98 Å². The molecule has 0 unspecified atom stereocenters. The van der Waals surface area contributed by atoms with Gasteiger partial charge < -0.3 is 10.1 Å². The van der Waals surface area contributed by atoms with Crippen molar-refractivity contribution in [2.75, 3.05) is 0 Å². The van der Waals surface area contributed by atoms with Crippen molar-refractivity contribution in [3.05, 3.63) is 53.6 Å². The van der Waals surface area contributed by atoms with Crippen molar-refractivity contribution in [3.63, 3.8) is 0 Å². The second-order valence-corrected chi connectivity index (χ2v) is 5.06. The third-order valence-corrected chi connectivity index (χ3v) is 3.40. The summed E-state index contributed by atoms with van der Waals surface area (Å²) in [5.74, 6) is 0.970. The Kier molecular flexibility index (Phi) is 3.65. The molecule has 1 aromatic heterocycles. The van der Waals surface area contributed by atoms with Crippen LogP contribution in [0.3, 0.4) is 0 Å². The summed E-state index contributed by atoms with van der Waals surface area (Å²) in [7, 11) is 0. The Labute approximate surface area is 117 Å². The lowest BCUT2D eigenvalue weighted by atomic mass is 10.2. The maximum absolute atomic E-state index is 14.0. The third-order valence-electron chi connectivity index (χ3n) is 3.40. The molecule has 0 bridgehead atoms. The SMILES string of the molecule is Cc1ncccc1Oc1cccc(F)c1CNC1CC1. The molecule has 0 spiro atoms. The van der Waals surface area contributed by atoms with Gasteiger partial charge in [-0.1, -0.05) is 6.07 Å². The van der Waals surface area contributed by atoms with Crippen LogP contribution >= 0.6 is 0 Å². The predicted molar refractivity (Wildman–Crippen MR) is 75.3 cm³/mol. The van der Waals surface area contributed by atoms with Gasteiger partial charge in [-0.2, -0.15) is 0 Å². The summed E-state index contributed by atoms with van der Waals surface area (Å²) in [6.07, 6.45) is 4.06. The average molecular weight is 272 g/mol. The minimum atomic E-state index is -0.239. The van der Waals surface area contributed by atoms with Gasteiger partial charge in [0.25, 0.3) is 0 Å². The number of aromatic nitrogens is 1. The number of rotatable bonds is 5. The lowest BCUT2D eigenvalue weighted by Crippen LogP contribution is -2.16. The number of aryl methyl sites for hydroxylation is 1. The van der Waals surface area contributed by atoms with Gasteiger partial charge in [-0.25, -0.2) is 4.39 Å². The highest BCUT2D eigenvalue weighted by atomic mass is 19.1. The molecule has 104 valence electrons. The summed E-state index contributed by atoms with van der Waals surface area (Å²) in [6.45, 7) is 2.36. The number of hydrogen-bond donors (Lipinski definition) is 1. The summed E-state index contributed by atoms with van der Waals surface area (Å²) >= 11 is 0. The number of nitrogens with one attached hydrogen (secondary N) is 1. The van der Waals surface area contributed by atoms with Gasteiger partial charge in [0.2, 0.25) is 0 Å². The first-order valence-corrected chi connectivity index (χ1v) is 6.84. The molecule has 1 saturated carbocycles. The van der Waals surface area contributed by atoms with Crippen LogP contribution in [0.4, 0.5) is 4.39 Å². The zero-order valence-corrected chi connectivity index (χ0v) is 11.4. The zero-order valence-electron chi connectivity index (χ0n) is 11.4. The highest BCUT2D eigenvalue weighted by molar-refractivity contribution is 5.39. The van der Waals surface area contributed by atoms with Crippen LogP contribution in [0.15, 0.2) is 36.5 Å². The Morgan fingerprint density at radius 3 is 2.80 bits per heavy atom. The van der Waals surface area contributed by atoms with Crippen molar-refractivity contribution in [2.24, 2.45) is 0 Å². The second kappa shape index (κ2) is 5.59. The zero-order chi connectivity index (χ0) is 13.9. The molecule has 3 nitrogen and oxygen atoms in total. The number of hydrogen-bond acceptors (Lipinski definition) is 3. The van der Waals surface area contributed by atoms with Gasteiger partial charge in [-0.05, 0) is 44.0 Å². The number of pyridine rings is 1. The van der Waals surface area contributed by atoms with E-state index < -0.39 is 0 Å². The fourth-order valence-electron chi connectivity index (χ4n) is 2.04. The average Bonchev–Trinajstić information content (AvgIpc) is 3.25. The third kappa shape index (κ3) is 2.96. The topological polar surface area (TPSA) is 34.1 Å². The van der Waals surface area contributed by atoms with E-state index in [0.717, 1.165) is 5.69 Å². The highest BCUT2D eigenvalue weighted by Gasteiger charge is 2.21. The standard InChI is InChI=1S/C16H17FN2O/c1-11-15(6-3-9-18-11)20-16-5-2-4-14(17)13(16)10-19-12-7-8-12/h2-6,9,12,19H,7-8,10H2,1H3. The lowest BCUT2D eigenvalue weighted by Gasteiger charge is -2.13. The normalized spacial score (nSPS) is 14.3. The molecule has 0 atom stereocenters. The minimum Gasteiger partial charge on any atom is -0.455 e. The van der Waals surface area contributed by atoms with Crippen molar-refractivity contribution >= 4 is 0 Å². The van der Waals surface area contributed by atoms with Gasteiger partial charge in [-0.15, -0.1) is 0 Å². The molecular formula is C16H17FN2O. The summed E-state index contributed by atoms with van der Waals surface area (Å²) in [5.41, 5.74) is 1.36. The van der Waals surface area contributed by atoms with E-state index in [-0.39, 0.29) is 5.82 Å². The molecule has 0 saturated heterocycles. The van der Waals surface area contributed by atoms with E-state index in [1.54, 1.807) is 18.3 Å². The van der Waals surface area contributed by atoms with Crippen LogP contribution in [-0.4, -0.2) is 11.0 Å². The molecule has 0 radical (unpaired) electrons. The maximum atomic E-state index is 14.0. The van der Waals surface area contributed by atoms with Crippen LogP contribution in [0.1, 0.15) is 24.1 Å². The molecule has 1 heterocycles. The van der Waals surface area contributed by atoms with Gasteiger partial charge in [0.15, 0.2) is 0 Å². The van der Waals surface area contributed by atoms with Crippen molar-refractivity contribution < 1.29 is 9.13 Å². The van der Waals surface area contributed by atoms with Crippen LogP contribution in [0.5, 0.6) is 11.5 Å². The molecule has 2 aromatic rings. The largest absolute Gasteiger partial charge is 0.455 e. The summed E-state index contributed by atoms with van der Waals surface area (Å²) in [5, 5.41) is 3.32. The van der Waals surface area contributed by atoms with E-state index >= 15 is 0 Å². The molecule has 3 rings (SSSR count). The van der Waals surface area contributed by atoms with Crippen LogP contribution in [0.2, 0.25) is 0 Å². The Morgan fingerprint density at radius 1 is 1.25 bits per heavy atom. The fourth-order valence-corrected chi connectivity index (χ4v) is 2.04. The van der Waals surface area contributed by atoms with Gasteiger partial charge in [0, 0.05) is 24.3 Å². The van der Waals surface area contributed by atoms with Crippen molar-refractivity contribution in [1.82, 2.24) is 10.3 Å². The quantitative estimate of drug-likeness (QED) is 0.903. The highest BCUT2D eigenvalue weighted by Crippen LogP contribution is 2.29. The Morgan fingerprint density at radius 2 is 2.05 bits per heavy atom. The van der Waals surface area contributed by atoms with E-state index in [0.29, 0.717) is 29.6 Å². The molecular weight excluding hydrogens is 255 g/mol. The molecule has 1 aliphatic rings. The molecule has 1 aromatic carbocycles. The van der Waals surface area contributed by atoms with E-state index in [1.807, 2.05) is 19.1 Å². The Hall–Kier alpha value is -1.94. The number of ether oxygens (including phenoxy) is 1. The van der Waals surface area contributed by atoms with Crippen LogP contribution < -0.4 is 10.1 Å². The molecule has 1 fully saturated rings. The minimum absolute atomic E-state index is 0.239. The second-order valence-electron chi connectivity index (χ2n) is 5.06. The first kappa shape index (κ1) is 13.1. The number of benzene rings is 1. The maximum Gasteiger partial charge on any atom is 0.148 e. The van der Waals surface area contributed by atoms with Crippen molar-refractivity contribution in [1.29, 1.82) is 0 Å². The Balaban J connectivity index is 1.84. The monoisotopic (exact) mass is 272 g/mol. The number of nitrogens with zero attached hydrogens (tertiary/aromatic N) is 1. The van der Waals surface area contributed by atoms with E-state index in [1.165, 1.54) is 18.9 Å². The van der Waals surface area contributed by atoms with E-state index in [4.69, 9.17) is 4.74 Å². The van der Waals surface area contributed by atoms with E-state index in [9.17, 15) is 4.39 Å². The molecule has 4 heteroatoms. The molecule has 20 heavy (non-hydrogen) atoms. The predicted octanol–water partition coefficient (Wildman–Crippen LogP) is 3.57. The smallest absolute Gasteiger partial charge is 0.148 e. The van der Waals surface area contributed by atoms with Gasteiger partial charge in [0.05, 0.1) is 5.69 Å². The summed E-state index contributed by atoms with van der Waals surface area (Å²) in [6, 6.07) is 9.10. The van der Waals surface area contributed by atoms with Crippen LogP contribution in [0, 0.1) is 12.7 Å². The molecule has 0 aliphatic heterocycles. The van der Waals surface area contributed by atoms with E-state index in [2.05, 4.69) is 10.3 Å². The molecule has 1 N–H and O–H groups in total. The first-order chi connectivity index (χ1) is 9.74. The van der Waals surface area contributed by atoms with Crippen LogP contribution in [0.25, 0.3) is 0 Å². The number of halogens is 1. The van der Waals surface area contributed by atoms with Crippen molar-refractivity contribution in [3.8, 4) is 11.5 Å².